The summed E-state index contributed by atoms with van der Waals surface area (Å²) < 4.78 is 4.92. The topological polar surface area (TPSA) is 55.6 Å². The van der Waals surface area contributed by atoms with Crippen molar-refractivity contribution < 1.29 is 9.53 Å². The van der Waals surface area contributed by atoms with Crippen molar-refractivity contribution >= 4 is 5.97 Å². The van der Waals surface area contributed by atoms with E-state index in [2.05, 4.69) is 4.90 Å². The van der Waals surface area contributed by atoms with Gasteiger partial charge in [0.1, 0.15) is 6.04 Å². The van der Waals surface area contributed by atoms with Gasteiger partial charge in [-0.3, -0.25) is 9.69 Å². The molecule has 1 saturated heterocycles. The standard InChI is InChI=1S/C14H26N2O2/c1-18-14(17)12-9-5-6-10-16(12)13(15)11-7-3-2-4-8-11/h11-13H,2-10,15H2,1H3. The number of piperidine rings is 1. The lowest BCUT2D eigenvalue weighted by Gasteiger charge is -2.42. The highest BCUT2D eigenvalue weighted by Gasteiger charge is 2.36. The van der Waals surface area contributed by atoms with Crippen molar-refractivity contribution in [2.24, 2.45) is 11.7 Å². The van der Waals surface area contributed by atoms with E-state index >= 15 is 0 Å². The number of likely N-dealkylation sites (tertiary alicyclic amines) is 1. The van der Waals surface area contributed by atoms with E-state index in [0.717, 1.165) is 25.8 Å². The molecule has 104 valence electrons. The van der Waals surface area contributed by atoms with Gasteiger partial charge in [0.2, 0.25) is 0 Å². The second-order valence-electron chi connectivity index (χ2n) is 5.66. The molecule has 18 heavy (non-hydrogen) atoms. The van der Waals surface area contributed by atoms with Crippen LogP contribution in [0.2, 0.25) is 0 Å². The summed E-state index contributed by atoms with van der Waals surface area (Å²) in [4.78, 5) is 14.0. The molecule has 0 aromatic heterocycles. The molecule has 0 radical (unpaired) electrons. The number of methoxy groups -OCH3 is 1. The fourth-order valence-electron chi connectivity index (χ4n) is 3.45. The average Bonchev–Trinajstić information content (AvgIpc) is 2.46. The number of hydrogen-bond donors (Lipinski definition) is 1. The molecule has 2 N–H and O–H groups in total. The van der Waals surface area contributed by atoms with Gasteiger partial charge in [-0.2, -0.15) is 0 Å². The van der Waals surface area contributed by atoms with Crippen molar-refractivity contribution in [2.75, 3.05) is 13.7 Å². The molecule has 2 unspecified atom stereocenters. The molecule has 2 rings (SSSR count). The highest BCUT2D eigenvalue weighted by atomic mass is 16.5. The summed E-state index contributed by atoms with van der Waals surface area (Å²) >= 11 is 0. The first-order valence-corrected chi connectivity index (χ1v) is 7.33. The first-order valence-electron chi connectivity index (χ1n) is 7.33. The second kappa shape index (κ2) is 6.53. The van der Waals surface area contributed by atoms with Crippen LogP contribution in [0.4, 0.5) is 0 Å². The number of nitrogens with two attached hydrogens (primary N) is 1. The summed E-state index contributed by atoms with van der Waals surface area (Å²) in [5.74, 6) is 0.449. The zero-order valence-corrected chi connectivity index (χ0v) is 11.4. The number of carbonyl (C=O) groups is 1. The van der Waals surface area contributed by atoms with Gasteiger partial charge in [0, 0.05) is 6.54 Å². The minimum atomic E-state index is -0.110. The maximum atomic E-state index is 11.8. The number of rotatable bonds is 3. The van der Waals surface area contributed by atoms with Gasteiger partial charge in [0.05, 0.1) is 13.3 Å². The van der Waals surface area contributed by atoms with Crippen molar-refractivity contribution in [1.82, 2.24) is 4.90 Å². The second-order valence-corrected chi connectivity index (χ2v) is 5.66. The van der Waals surface area contributed by atoms with Crippen molar-refractivity contribution in [1.29, 1.82) is 0 Å². The predicted molar refractivity (Wildman–Crippen MR) is 70.9 cm³/mol. The van der Waals surface area contributed by atoms with Crippen LogP contribution >= 0.6 is 0 Å². The van der Waals surface area contributed by atoms with Crippen LogP contribution in [0, 0.1) is 5.92 Å². The predicted octanol–water partition coefficient (Wildman–Crippen LogP) is 1.88. The number of carbonyl (C=O) groups excluding carboxylic acids is 1. The summed E-state index contributed by atoms with van der Waals surface area (Å²) in [7, 11) is 1.47. The third-order valence-electron chi connectivity index (χ3n) is 4.53. The summed E-state index contributed by atoms with van der Waals surface area (Å²) in [6.07, 6.45) is 9.52. The molecule has 0 amide bonds. The number of hydrogen-bond acceptors (Lipinski definition) is 4. The van der Waals surface area contributed by atoms with Gasteiger partial charge in [-0.15, -0.1) is 0 Å². The summed E-state index contributed by atoms with van der Waals surface area (Å²) in [5.41, 5.74) is 6.42. The molecule has 0 bridgehead atoms. The molecule has 0 aromatic carbocycles. The van der Waals surface area contributed by atoms with Crippen LogP contribution in [-0.4, -0.2) is 36.7 Å². The van der Waals surface area contributed by atoms with Gasteiger partial charge < -0.3 is 10.5 Å². The highest BCUT2D eigenvalue weighted by Crippen LogP contribution is 2.30. The fourth-order valence-corrected chi connectivity index (χ4v) is 3.45. The van der Waals surface area contributed by atoms with Gasteiger partial charge in [-0.05, 0) is 31.6 Å². The first-order chi connectivity index (χ1) is 8.74. The van der Waals surface area contributed by atoms with Crippen molar-refractivity contribution in [3.8, 4) is 0 Å². The highest BCUT2D eigenvalue weighted by molar-refractivity contribution is 5.75. The van der Waals surface area contributed by atoms with E-state index in [1.54, 1.807) is 0 Å². The summed E-state index contributed by atoms with van der Waals surface area (Å²) in [6, 6.07) is -0.110. The minimum Gasteiger partial charge on any atom is -0.468 e. The third kappa shape index (κ3) is 3.04. The van der Waals surface area contributed by atoms with E-state index in [1.807, 2.05) is 0 Å². The van der Waals surface area contributed by atoms with Crippen LogP contribution in [0.25, 0.3) is 0 Å². The van der Waals surface area contributed by atoms with Crippen LogP contribution < -0.4 is 5.73 Å². The SMILES string of the molecule is COC(=O)C1CCCCN1C(N)C1CCCCC1. The molecule has 2 aliphatic rings. The first kappa shape index (κ1) is 13.8. The quantitative estimate of drug-likeness (QED) is 0.781. The Balaban J connectivity index is 2.00. The van der Waals surface area contributed by atoms with E-state index in [1.165, 1.54) is 39.2 Å². The van der Waals surface area contributed by atoms with E-state index in [4.69, 9.17) is 10.5 Å². The Morgan fingerprint density at radius 1 is 1.17 bits per heavy atom. The lowest BCUT2D eigenvalue weighted by atomic mass is 9.85. The van der Waals surface area contributed by atoms with E-state index < -0.39 is 0 Å². The zero-order valence-electron chi connectivity index (χ0n) is 11.4. The van der Waals surface area contributed by atoms with Gasteiger partial charge in [0.15, 0.2) is 0 Å². The van der Waals surface area contributed by atoms with E-state index in [-0.39, 0.29) is 18.2 Å². The third-order valence-corrected chi connectivity index (χ3v) is 4.53. The molecule has 4 heteroatoms. The van der Waals surface area contributed by atoms with Gasteiger partial charge in [-0.1, -0.05) is 25.7 Å². The molecule has 0 aromatic rings. The maximum absolute atomic E-state index is 11.8. The largest absolute Gasteiger partial charge is 0.468 e. The van der Waals surface area contributed by atoms with E-state index in [9.17, 15) is 4.79 Å². The van der Waals surface area contributed by atoms with E-state index in [0.29, 0.717) is 5.92 Å². The normalized spacial score (nSPS) is 28.9. The van der Waals surface area contributed by atoms with Crippen LogP contribution in [0.15, 0.2) is 0 Å². The Kier molecular flexibility index (Phi) is 5.01. The molecule has 4 nitrogen and oxygen atoms in total. The molecule has 1 heterocycles. The molecular formula is C14H26N2O2. The molecule has 2 fully saturated rings. The Bertz CT molecular complexity index is 277. The van der Waals surface area contributed by atoms with Crippen LogP contribution in [-0.2, 0) is 9.53 Å². The van der Waals surface area contributed by atoms with Gasteiger partial charge >= 0.3 is 5.97 Å². The number of esters is 1. The lowest BCUT2D eigenvalue weighted by Crippen LogP contribution is -2.56. The molecule has 1 saturated carbocycles. The number of ether oxygens (including phenoxy) is 1. The Hall–Kier alpha value is -0.610. The Morgan fingerprint density at radius 2 is 1.83 bits per heavy atom. The van der Waals surface area contributed by atoms with Crippen LogP contribution in [0.1, 0.15) is 51.4 Å². The molecule has 1 aliphatic heterocycles. The van der Waals surface area contributed by atoms with Gasteiger partial charge in [-0.25, -0.2) is 0 Å². The molecule has 2 atom stereocenters. The van der Waals surface area contributed by atoms with Gasteiger partial charge in [0.25, 0.3) is 0 Å². The summed E-state index contributed by atoms with van der Waals surface area (Å²) in [5, 5.41) is 0. The minimum absolute atomic E-state index is 0.0368. The maximum Gasteiger partial charge on any atom is 0.323 e. The smallest absolute Gasteiger partial charge is 0.323 e. The van der Waals surface area contributed by atoms with Crippen LogP contribution in [0.5, 0.6) is 0 Å². The lowest BCUT2D eigenvalue weighted by molar-refractivity contribution is -0.150. The van der Waals surface area contributed by atoms with Crippen molar-refractivity contribution in [3.63, 3.8) is 0 Å². The van der Waals surface area contributed by atoms with Crippen molar-refractivity contribution in [2.45, 2.75) is 63.6 Å². The fraction of sp³-hybridized carbons (Fsp3) is 0.929. The molecular weight excluding hydrogens is 228 g/mol. The Labute approximate surface area is 110 Å². The zero-order chi connectivity index (χ0) is 13.0. The molecule has 1 aliphatic carbocycles. The number of nitrogens with zero attached hydrogens (tertiary/aromatic N) is 1. The van der Waals surface area contributed by atoms with Crippen LogP contribution in [0.3, 0.4) is 0 Å². The summed E-state index contributed by atoms with van der Waals surface area (Å²) in [6.45, 7) is 0.942. The van der Waals surface area contributed by atoms with Crippen molar-refractivity contribution in [3.05, 3.63) is 0 Å². The average molecular weight is 254 g/mol. The Morgan fingerprint density at radius 3 is 2.50 bits per heavy atom. The monoisotopic (exact) mass is 254 g/mol. The molecule has 0 spiro atoms.